The molecule has 9 nitrogen and oxygen atoms in total. The Labute approximate surface area is 212 Å². The van der Waals surface area contributed by atoms with Crippen LogP contribution in [0.1, 0.15) is 38.8 Å². The molecule has 1 saturated heterocycles. The maximum atomic E-state index is 14.9. The van der Waals surface area contributed by atoms with Crippen LogP contribution in [0.3, 0.4) is 0 Å². The highest BCUT2D eigenvalue weighted by Crippen LogP contribution is 2.41. The number of fused-ring (bicyclic) bond motifs is 1. The lowest BCUT2D eigenvalue weighted by Gasteiger charge is -2.32. The number of thiol groups is 1. The molecular weight excluding hydrogens is 519 g/mol. The second-order valence-electron chi connectivity index (χ2n) is 8.39. The first kappa shape index (κ1) is 27.9. The fraction of sp³-hybridized carbons (Fsp3) is 0.409. The molecule has 2 N–H and O–H groups in total. The average Bonchev–Trinajstić information content (AvgIpc) is 3.20. The van der Waals surface area contributed by atoms with Gasteiger partial charge in [-0.25, -0.2) is 18.0 Å². The Hall–Kier alpha value is -2.68. The number of hydrogen-bond acceptors (Lipinski definition) is 8. The fourth-order valence-corrected chi connectivity index (χ4v) is 5.43. The van der Waals surface area contributed by atoms with Gasteiger partial charge in [0.1, 0.15) is 6.04 Å². The molecule has 0 aromatic heterocycles. The Balaban J connectivity index is 2.19. The lowest BCUT2D eigenvalue weighted by atomic mass is 9.93. The van der Waals surface area contributed by atoms with Crippen LogP contribution in [-0.2, 0) is 19.7 Å². The Morgan fingerprint density at radius 3 is 2.61 bits per heavy atom. The average molecular weight is 546 g/mol. The molecule has 1 aromatic carbocycles. The van der Waals surface area contributed by atoms with Crippen LogP contribution >= 0.6 is 12.6 Å². The lowest BCUT2D eigenvalue weighted by molar-refractivity contribution is -0.136. The predicted molar refractivity (Wildman–Crippen MR) is 132 cm³/mol. The van der Waals surface area contributed by atoms with Crippen LogP contribution in [0.15, 0.2) is 45.0 Å². The third-order valence-corrected chi connectivity index (χ3v) is 6.95. The number of amidine groups is 1. The number of nitrogens with zero attached hydrogens (tertiary/aromatic N) is 3. The van der Waals surface area contributed by atoms with Crippen molar-refractivity contribution in [1.82, 2.24) is 14.3 Å². The van der Waals surface area contributed by atoms with Gasteiger partial charge in [-0.1, -0.05) is 6.07 Å². The van der Waals surface area contributed by atoms with Crippen molar-refractivity contribution in [2.45, 2.75) is 45.3 Å². The lowest BCUT2D eigenvalue weighted by Crippen LogP contribution is -2.47. The monoisotopic (exact) mass is 545 g/mol. The minimum Gasteiger partial charge on any atom is -0.466 e. The molecule has 196 valence electrons. The van der Waals surface area contributed by atoms with Crippen molar-refractivity contribution in [3.05, 3.63) is 58.0 Å². The molecule has 14 heteroatoms. The number of carbonyl (C=O) groups excluding carboxylic acids is 1. The number of rotatable bonds is 8. The fourth-order valence-electron chi connectivity index (χ4n) is 4.07. The van der Waals surface area contributed by atoms with Crippen molar-refractivity contribution >= 4 is 40.4 Å². The summed E-state index contributed by atoms with van der Waals surface area (Å²) in [5.41, 5.74) is 0.116. The molecule has 0 saturated carbocycles. The molecule has 1 fully saturated rings. The van der Waals surface area contributed by atoms with Gasteiger partial charge in [0, 0.05) is 42.5 Å². The van der Waals surface area contributed by atoms with Gasteiger partial charge in [0.15, 0.2) is 23.3 Å². The van der Waals surface area contributed by atoms with Gasteiger partial charge >= 0.3 is 5.97 Å². The number of carbonyl (C=O) groups is 1. The summed E-state index contributed by atoms with van der Waals surface area (Å²) < 4.78 is 77.5. The maximum absolute atomic E-state index is 14.9. The van der Waals surface area contributed by atoms with E-state index in [1.807, 2.05) is 0 Å². The molecule has 0 aliphatic carbocycles. The van der Waals surface area contributed by atoms with Crippen molar-refractivity contribution in [3.8, 4) is 0 Å². The smallest absolute Gasteiger partial charge is 0.338 e. The van der Waals surface area contributed by atoms with Crippen molar-refractivity contribution in [2.24, 2.45) is 9.98 Å². The van der Waals surface area contributed by atoms with Crippen LogP contribution in [-0.4, -0.2) is 56.6 Å². The molecule has 3 rings (SSSR count). The van der Waals surface area contributed by atoms with E-state index in [1.165, 1.54) is 11.6 Å². The minimum atomic E-state index is -3.89. The van der Waals surface area contributed by atoms with E-state index < -0.39 is 45.7 Å². The number of halogens is 3. The predicted octanol–water partition coefficient (Wildman–Crippen LogP) is 2.75. The van der Waals surface area contributed by atoms with E-state index in [0.717, 1.165) is 19.2 Å². The standard InChI is InChI=1S/C22H26F3N5O4S2/c1-11(2)28-36(32,33)29-13-9-16-17(22(31)34-4)20(14-5-6-15(23)19(25)18(14)24)27-21(30(16)10-13)12(3)26-7-8-35/h5-8,11,13,20,28-29,35H,9-10H2,1-4H3/b8-7-,26-12+/t13-,20-/m0/s1. The molecule has 2 aliphatic rings. The van der Waals surface area contributed by atoms with Gasteiger partial charge in [0.2, 0.25) is 0 Å². The van der Waals surface area contributed by atoms with E-state index in [4.69, 9.17) is 4.74 Å². The zero-order valence-electron chi connectivity index (χ0n) is 19.9. The third-order valence-electron chi connectivity index (χ3n) is 5.40. The summed E-state index contributed by atoms with van der Waals surface area (Å²) >= 11 is 3.96. The van der Waals surface area contributed by atoms with Gasteiger partial charge in [-0.15, -0.1) is 12.6 Å². The molecule has 0 amide bonds. The number of hydrogen-bond donors (Lipinski definition) is 3. The van der Waals surface area contributed by atoms with Gasteiger partial charge in [0.25, 0.3) is 10.2 Å². The summed E-state index contributed by atoms with van der Waals surface area (Å²) in [5, 5.41) is 1.37. The zero-order chi connectivity index (χ0) is 26.8. The van der Waals surface area contributed by atoms with E-state index in [-0.39, 0.29) is 36.0 Å². The van der Waals surface area contributed by atoms with Crippen molar-refractivity contribution < 1.29 is 31.1 Å². The van der Waals surface area contributed by atoms with Crippen LogP contribution < -0.4 is 9.44 Å². The van der Waals surface area contributed by atoms with Gasteiger partial charge in [-0.2, -0.15) is 17.9 Å². The van der Waals surface area contributed by atoms with Crippen LogP contribution in [0, 0.1) is 17.5 Å². The molecule has 2 heterocycles. The summed E-state index contributed by atoms with van der Waals surface area (Å²) in [6.07, 6.45) is 1.39. The summed E-state index contributed by atoms with van der Waals surface area (Å²) in [6, 6.07) is -0.731. The van der Waals surface area contributed by atoms with Gasteiger partial charge in [0.05, 0.1) is 18.4 Å². The van der Waals surface area contributed by atoms with Crippen molar-refractivity contribution in [1.29, 1.82) is 0 Å². The first-order valence-corrected chi connectivity index (χ1v) is 12.8. The van der Waals surface area contributed by atoms with E-state index in [9.17, 15) is 26.4 Å². The minimum absolute atomic E-state index is 0.0138. The highest BCUT2D eigenvalue weighted by Gasteiger charge is 2.43. The number of nitrogens with one attached hydrogen (secondary N) is 2. The molecule has 0 radical (unpaired) electrons. The van der Waals surface area contributed by atoms with Crippen molar-refractivity contribution in [2.75, 3.05) is 13.7 Å². The van der Waals surface area contributed by atoms with E-state index in [0.29, 0.717) is 11.4 Å². The Morgan fingerprint density at radius 1 is 1.31 bits per heavy atom. The number of ether oxygens (including phenoxy) is 1. The number of methoxy groups -OCH3 is 1. The molecule has 0 bridgehead atoms. The molecule has 2 atom stereocenters. The van der Waals surface area contributed by atoms with Crippen LogP contribution in [0.4, 0.5) is 13.2 Å². The van der Waals surface area contributed by atoms with Gasteiger partial charge in [-0.3, -0.25) is 9.98 Å². The van der Waals surface area contributed by atoms with Gasteiger partial charge < -0.3 is 9.64 Å². The Morgan fingerprint density at radius 2 is 2.00 bits per heavy atom. The molecular formula is C22H26F3N5O4S2. The largest absolute Gasteiger partial charge is 0.466 e. The molecule has 0 unspecified atom stereocenters. The van der Waals surface area contributed by atoms with Crippen LogP contribution in [0.2, 0.25) is 0 Å². The maximum Gasteiger partial charge on any atom is 0.338 e. The second kappa shape index (κ2) is 11.2. The highest BCUT2D eigenvalue weighted by atomic mass is 32.2. The highest BCUT2D eigenvalue weighted by molar-refractivity contribution is 7.87. The topological polar surface area (TPSA) is 112 Å². The van der Waals surface area contributed by atoms with E-state index in [1.54, 1.807) is 25.7 Å². The summed E-state index contributed by atoms with van der Waals surface area (Å²) in [5.74, 6) is -5.28. The SMILES string of the molecule is COC(=O)C1=C2C[C@H](NS(=O)(=O)NC(C)C)CN2C(/C(C)=N/C=C\S)=N[C@H]1c1ccc(F)c(F)c1F. The van der Waals surface area contributed by atoms with E-state index in [2.05, 4.69) is 32.1 Å². The normalized spacial score (nSPS) is 20.9. The quantitative estimate of drug-likeness (QED) is 0.201. The third kappa shape index (κ3) is 5.82. The number of esters is 1. The molecule has 2 aliphatic heterocycles. The van der Waals surface area contributed by atoms with E-state index >= 15 is 0 Å². The Kier molecular flexibility index (Phi) is 8.64. The summed E-state index contributed by atoms with van der Waals surface area (Å²) in [6.45, 7) is 4.99. The Bertz CT molecular complexity index is 1280. The van der Waals surface area contributed by atoms with Gasteiger partial charge in [-0.05, 0) is 32.2 Å². The molecule has 1 aromatic rings. The molecule has 36 heavy (non-hydrogen) atoms. The second-order valence-corrected chi connectivity index (χ2v) is 10.2. The molecule has 0 spiro atoms. The number of aliphatic imine (C=N–C) groups is 2. The number of benzene rings is 1. The zero-order valence-corrected chi connectivity index (χ0v) is 21.6. The summed E-state index contributed by atoms with van der Waals surface area (Å²) in [4.78, 5) is 23.1. The first-order chi connectivity index (χ1) is 16.9. The van der Waals surface area contributed by atoms with Crippen molar-refractivity contribution in [3.63, 3.8) is 0 Å². The summed E-state index contributed by atoms with van der Waals surface area (Å²) in [7, 11) is -2.78. The van der Waals surface area contributed by atoms with Crippen LogP contribution in [0.5, 0.6) is 0 Å². The first-order valence-electron chi connectivity index (χ1n) is 10.8. The van der Waals surface area contributed by atoms with Crippen LogP contribution in [0.25, 0.3) is 0 Å².